The molecule has 104 valence electrons. The number of hydrogen-bond donors (Lipinski definition) is 0. The minimum absolute atomic E-state index is 0.460. The van der Waals surface area contributed by atoms with Gasteiger partial charge in [-0.15, -0.1) is 0 Å². The molecule has 0 aromatic rings. The van der Waals surface area contributed by atoms with E-state index in [1.807, 2.05) is 0 Å². The average Bonchev–Trinajstić information content (AvgIpc) is 2.44. The zero-order valence-corrected chi connectivity index (χ0v) is 13.0. The van der Waals surface area contributed by atoms with Crippen LogP contribution in [0.2, 0.25) is 0 Å². The summed E-state index contributed by atoms with van der Waals surface area (Å²) < 4.78 is 0. The zero-order chi connectivity index (χ0) is 13.5. The predicted molar refractivity (Wildman–Crippen MR) is 86.2 cm³/mol. The zero-order valence-electron chi connectivity index (χ0n) is 11.4. The van der Waals surface area contributed by atoms with Gasteiger partial charge in [-0.05, 0) is 94.1 Å². The fraction of sp³-hybridized carbons (Fsp3) is 0.867. The molecular weight excluding hydrogens is 272 g/mol. The minimum Gasteiger partial charge on any atom is -0.229 e. The first-order chi connectivity index (χ1) is 9.31. The smallest absolute Gasteiger partial charge is 0.0603 e. The van der Waals surface area contributed by atoms with Crippen LogP contribution in [-0.2, 0) is 0 Å². The molecule has 0 N–H and O–H groups in total. The Bertz CT molecular complexity index is 332. The first-order valence-corrected chi connectivity index (χ1v) is 8.27. The van der Waals surface area contributed by atoms with Crippen molar-refractivity contribution < 1.29 is 0 Å². The van der Waals surface area contributed by atoms with E-state index in [1.165, 1.54) is 57.8 Å². The van der Waals surface area contributed by atoms with Crippen LogP contribution in [0, 0.1) is 11.8 Å². The van der Waals surface area contributed by atoms with E-state index < -0.39 is 0 Å². The molecule has 4 heteroatoms. The summed E-state index contributed by atoms with van der Waals surface area (Å²) in [6, 6.07) is 0.919. The summed E-state index contributed by atoms with van der Waals surface area (Å²) in [5.74, 6) is 1.82. The Morgan fingerprint density at radius 3 is 1.37 bits per heavy atom. The molecule has 0 atom stereocenters. The molecule has 0 aromatic carbocycles. The number of rotatable bonds is 4. The topological polar surface area (TPSA) is 24.7 Å². The molecule has 0 aliphatic heterocycles. The van der Waals surface area contributed by atoms with Crippen molar-refractivity contribution in [1.29, 1.82) is 0 Å². The maximum Gasteiger partial charge on any atom is 0.0603 e. The van der Waals surface area contributed by atoms with Crippen molar-refractivity contribution in [3.63, 3.8) is 0 Å². The maximum absolute atomic E-state index is 4.69. The van der Waals surface area contributed by atoms with Crippen LogP contribution in [-0.4, -0.2) is 22.4 Å². The number of isothiocyanates is 2. The molecule has 0 amide bonds. The van der Waals surface area contributed by atoms with Gasteiger partial charge in [0.1, 0.15) is 0 Å². The standard InChI is InChI=1S/C15H22N2S2/c18-10-16-14-5-1-12(2-6-14)9-13-3-7-15(8-4-13)17-11-19/h12-15H,1-9H2. The molecule has 2 rings (SSSR count). The third-order valence-electron chi connectivity index (χ3n) is 4.77. The van der Waals surface area contributed by atoms with Gasteiger partial charge in [0.05, 0.1) is 22.4 Å². The monoisotopic (exact) mass is 294 g/mol. The molecule has 2 aliphatic carbocycles. The third kappa shape index (κ3) is 4.89. The predicted octanol–water partition coefficient (Wildman–Crippen LogP) is 4.70. The van der Waals surface area contributed by atoms with Crippen molar-refractivity contribution in [2.75, 3.05) is 0 Å². The lowest BCUT2D eigenvalue weighted by atomic mass is 9.76. The van der Waals surface area contributed by atoms with Crippen LogP contribution in [0.25, 0.3) is 0 Å². The van der Waals surface area contributed by atoms with Gasteiger partial charge in [-0.1, -0.05) is 0 Å². The second-order valence-corrected chi connectivity index (χ2v) is 6.39. The lowest BCUT2D eigenvalue weighted by Gasteiger charge is -2.32. The molecule has 2 nitrogen and oxygen atoms in total. The van der Waals surface area contributed by atoms with Crippen LogP contribution in [0.5, 0.6) is 0 Å². The van der Waals surface area contributed by atoms with Crippen LogP contribution < -0.4 is 0 Å². The highest BCUT2D eigenvalue weighted by Crippen LogP contribution is 2.36. The third-order valence-corrected chi connectivity index (χ3v) is 4.98. The quantitative estimate of drug-likeness (QED) is 0.554. The van der Waals surface area contributed by atoms with E-state index in [2.05, 4.69) is 44.7 Å². The lowest BCUT2D eigenvalue weighted by Crippen LogP contribution is -2.23. The fourth-order valence-electron chi connectivity index (χ4n) is 3.64. The summed E-state index contributed by atoms with van der Waals surface area (Å²) in [6.07, 6.45) is 11.5. The van der Waals surface area contributed by atoms with E-state index in [0.717, 1.165) is 11.8 Å². The molecule has 2 aliphatic rings. The van der Waals surface area contributed by atoms with Gasteiger partial charge in [-0.25, -0.2) is 9.98 Å². The normalized spacial score (nSPS) is 34.9. The Kier molecular flexibility index (Phi) is 6.33. The summed E-state index contributed by atoms with van der Waals surface area (Å²) in [7, 11) is 0. The SMILES string of the molecule is S=C=NC1CCC(CC2CCC(N=C=S)CC2)CC1. The van der Waals surface area contributed by atoms with E-state index in [1.54, 1.807) is 0 Å². The summed E-state index contributed by atoms with van der Waals surface area (Å²) in [4.78, 5) is 8.46. The van der Waals surface area contributed by atoms with E-state index in [9.17, 15) is 0 Å². The van der Waals surface area contributed by atoms with Gasteiger partial charge in [0.15, 0.2) is 0 Å². The highest BCUT2D eigenvalue weighted by atomic mass is 32.1. The van der Waals surface area contributed by atoms with Gasteiger partial charge in [-0.3, -0.25) is 0 Å². The molecule has 0 aromatic heterocycles. The van der Waals surface area contributed by atoms with Crippen LogP contribution in [0.1, 0.15) is 57.8 Å². The van der Waals surface area contributed by atoms with Crippen molar-refractivity contribution in [2.24, 2.45) is 21.8 Å². The molecule has 0 saturated heterocycles. The molecular formula is C15H22N2S2. The van der Waals surface area contributed by atoms with Gasteiger partial charge in [-0.2, -0.15) is 0 Å². The highest BCUT2D eigenvalue weighted by molar-refractivity contribution is 7.78. The van der Waals surface area contributed by atoms with Gasteiger partial charge >= 0.3 is 0 Å². The van der Waals surface area contributed by atoms with E-state index >= 15 is 0 Å². The molecule has 0 spiro atoms. The van der Waals surface area contributed by atoms with Crippen molar-refractivity contribution in [1.82, 2.24) is 0 Å². The Balaban J connectivity index is 1.69. The number of nitrogens with zero attached hydrogens (tertiary/aromatic N) is 2. The molecule has 2 saturated carbocycles. The van der Waals surface area contributed by atoms with Crippen molar-refractivity contribution in [2.45, 2.75) is 69.9 Å². The molecule has 0 heterocycles. The summed E-state index contributed by atoms with van der Waals surface area (Å²) in [6.45, 7) is 0. The van der Waals surface area contributed by atoms with Crippen molar-refractivity contribution in [3.05, 3.63) is 0 Å². The van der Waals surface area contributed by atoms with Crippen LogP contribution in [0.15, 0.2) is 9.98 Å². The second kappa shape index (κ2) is 8.01. The number of thiocarbonyl (C=S) groups is 2. The van der Waals surface area contributed by atoms with Gasteiger partial charge in [0.2, 0.25) is 0 Å². The second-order valence-electron chi connectivity index (χ2n) is 6.03. The van der Waals surface area contributed by atoms with E-state index in [0.29, 0.717) is 12.1 Å². The molecule has 0 radical (unpaired) electrons. The number of aliphatic imine (C=N–C) groups is 2. The van der Waals surface area contributed by atoms with Gasteiger partial charge in [0, 0.05) is 0 Å². The van der Waals surface area contributed by atoms with E-state index in [-0.39, 0.29) is 0 Å². The Morgan fingerprint density at radius 1 is 0.684 bits per heavy atom. The van der Waals surface area contributed by atoms with Crippen LogP contribution >= 0.6 is 24.4 Å². The average molecular weight is 294 g/mol. The van der Waals surface area contributed by atoms with Crippen LogP contribution in [0.3, 0.4) is 0 Å². The maximum atomic E-state index is 4.69. The highest BCUT2D eigenvalue weighted by Gasteiger charge is 2.26. The first kappa shape index (κ1) is 15.0. The lowest BCUT2D eigenvalue weighted by molar-refractivity contribution is 0.226. The van der Waals surface area contributed by atoms with Crippen LogP contribution in [0.4, 0.5) is 0 Å². The molecule has 2 fully saturated rings. The molecule has 19 heavy (non-hydrogen) atoms. The fourth-order valence-corrected chi connectivity index (χ4v) is 3.94. The van der Waals surface area contributed by atoms with Gasteiger partial charge in [0.25, 0.3) is 0 Å². The van der Waals surface area contributed by atoms with Crippen molar-refractivity contribution in [3.8, 4) is 0 Å². The van der Waals surface area contributed by atoms with Gasteiger partial charge < -0.3 is 0 Å². The molecule has 0 unspecified atom stereocenters. The summed E-state index contributed by atoms with van der Waals surface area (Å²) in [5.41, 5.74) is 0. The minimum atomic E-state index is 0.460. The number of hydrogen-bond acceptors (Lipinski definition) is 4. The summed E-state index contributed by atoms with van der Waals surface area (Å²) in [5, 5.41) is 5.07. The van der Waals surface area contributed by atoms with Crippen molar-refractivity contribution >= 4 is 34.8 Å². The first-order valence-electron chi connectivity index (χ1n) is 7.45. The molecule has 0 bridgehead atoms. The van der Waals surface area contributed by atoms with E-state index in [4.69, 9.17) is 0 Å². The Labute approximate surface area is 126 Å². The Morgan fingerprint density at radius 2 is 1.05 bits per heavy atom. The largest absolute Gasteiger partial charge is 0.229 e. The Hall–Kier alpha value is -0.400. The summed E-state index contributed by atoms with van der Waals surface area (Å²) >= 11 is 9.37.